The lowest BCUT2D eigenvalue weighted by Crippen LogP contribution is -2.00. The standard InChI is InChI=1S/C20H18FN3/c1-14(17-6-2-3-7-18(17)21)23-15-10-12-16(13-11-15)24-20-9-5-4-8-19(20)22/h2-13,23-24H,1,22H2. The van der Waals surface area contributed by atoms with Crippen molar-refractivity contribution in [1.82, 2.24) is 0 Å². The first-order chi connectivity index (χ1) is 11.6. The average Bonchev–Trinajstić information content (AvgIpc) is 2.59. The van der Waals surface area contributed by atoms with E-state index in [1.807, 2.05) is 48.5 Å². The van der Waals surface area contributed by atoms with Gasteiger partial charge in [0.2, 0.25) is 0 Å². The highest BCUT2D eigenvalue weighted by atomic mass is 19.1. The van der Waals surface area contributed by atoms with Crippen LogP contribution in [0, 0.1) is 5.82 Å². The van der Waals surface area contributed by atoms with Crippen LogP contribution in [0.1, 0.15) is 5.56 Å². The third-order valence-corrected chi connectivity index (χ3v) is 3.62. The van der Waals surface area contributed by atoms with E-state index in [0.717, 1.165) is 17.1 Å². The number of nitrogens with one attached hydrogen (secondary N) is 2. The zero-order valence-electron chi connectivity index (χ0n) is 13.1. The number of halogens is 1. The number of anilines is 4. The van der Waals surface area contributed by atoms with E-state index < -0.39 is 0 Å². The summed E-state index contributed by atoms with van der Waals surface area (Å²) in [6.45, 7) is 3.90. The number of nitrogen functional groups attached to an aromatic ring is 1. The molecule has 0 saturated heterocycles. The molecule has 3 aromatic carbocycles. The quantitative estimate of drug-likeness (QED) is 0.564. The van der Waals surface area contributed by atoms with Gasteiger partial charge in [0, 0.05) is 22.6 Å². The van der Waals surface area contributed by atoms with Crippen molar-refractivity contribution in [3.8, 4) is 0 Å². The number of para-hydroxylation sites is 2. The van der Waals surface area contributed by atoms with Crippen LogP contribution in [0.4, 0.5) is 27.1 Å². The molecule has 4 N–H and O–H groups in total. The molecule has 0 aliphatic carbocycles. The van der Waals surface area contributed by atoms with E-state index in [4.69, 9.17) is 5.73 Å². The second-order valence-corrected chi connectivity index (χ2v) is 5.37. The molecule has 3 nitrogen and oxygen atoms in total. The van der Waals surface area contributed by atoms with Crippen molar-refractivity contribution >= 4 is 28.4 Å². The van der Waals surface area contributed by atoms with Crippen LogP contribution in [-0.4, -0.2) is 0 Å². The normalized spacial score (nSPS) is 10.2. The highest BCUT2D eigenvalue weighted by Gasteiger charge is 2.05. The number of rotatable bonds is 5. The van der Waals surface area contributed by atoms with Gasteiger partial charge in [-0.2, -0.15) is 0 Å². The number of nitrogens with two attached hydrogens (primary N) is 1. The van der Waals surface area contributed by atoms with Crippen molar-refractivity contribution in [2.45, 2.75) is 0 Å². The van der Waals surface area contributed by atoms with Gasteiger partial charge in [-0.05, 0) is 48.5 Å². The van der Waals surface area contributed by atoms with E-state index in [9.17, 15) is 4.39 Å². The second-order valence-electron chi connectivity index (χ2n) is 5.37. The molecule has 0 amide bonds. The molecular formula is C20H18FN3. The molecule has 0 aliphatic rings. The van der Waals surface area contributed by atoms with E-state index in [-0.39, 0.29) is 5.82 Å². The molecule has 0 aromatic heterocycles. The summed E-state index contributed by atoms with van der Waals surface area (Å²) in [4.78, 5) is 0. The van der Waals surface area contributed by atoms with Gasteiger partial charge in [0.1, 0.15) is 5.82 Å². The Morgan fingerprint density at radius 1 is 0.833 bits per heavy atom. The fraction of sp³-hybridized carbons (Fsp3) is 0. The van der Waals surface area contributed by atoms with Crippen LogP contribution in [0.5, 0.6) is 0 Å². The molecule has 0 bridgehead atoms. The maximum atomic E-state index is 13.8. The Bertz CT molecular complexity index is 857. The van der Waals surface area contributed by atoms with Gasteiger partial charge in [-0.1, -0.05) is 30.8 Å². The first-order valence-corrected chi connectivity index (χ1v) is 7.56. The van der Waals surface area contributed by atoms with Crippen LogP contribution in [0.25, 0.3) is 5.70 Å². The van der Waals surface area contributed by atoms with Crippen LogP contribution in [0.3, 0.4) is 0 Å². The molecule has 24 heavy (non-hydrogen) atoms. The van der Waals surface area contributed by atoms with Crippen molar-refractivity contribution in [3.05, 3.63) is 90.8 Å². The molecule has 0 unspecified atom stereocenters. The molecule has 3 rings (SSSR count). The van der Waals surface area contributed by atoms with Gasteiger partial charge in [0.25, 0.3) is 0 Å². The highest BCUT2D eigenvalue weighted by molar-refractivity contribution is 5.77. The third kappa shape index (κ3) is 3.55. The molecule has 0 saturated carbocycles. The van der Waals surface area contributed by atoms with Gasteiger partial charge in [0.05, 0.1) is 11.4 Å². The summed E-state index contributed by atoms with van der Waals surface area (Å²) in [6.07, 6.45) is 0. The topological polar surface area (TPSA) is 50.1 Å². The van der Waals surface area contributed by atoms with Gasteiger partial charge in [-0.15, -0.1) is 0 Å². The summed E-state index contributed by atoms with van der Waals surface area (Å²) in [5.74, 6) is -0.298. The van der Waals surface area contributed by atoms with E-state index >= 15 is 0 Å². The molecule has 0 aliphatic heterocycles. The first kappa shape index (κ1) is 15.6. The Balaban J connectivity index is 1.70. The lowest BCUT2D eigenvalue weighted by Gasteiger charge is -2.12. The summed E-state index contributed by atoms with van der Waals surface area (Å²) in [5.41, 5.74) is 10.2. The predicted octanol–water partition coefficient (Wildman–Crippen LogP) is 5.23. The van der Waals surface area contributed by atoms with E-state index in [2.05, 4.69) is 17.2 Å². The first-order valence-electron chi connectivity index (χ1n) is 7.56. The van der Waals surface area contributed by atoms with Crippen molar-refractivity contribution in [2.24, 2.45) is 0 Å². The average molecular weight is 319 g/mol. The molecule has 0 radical (unpaired) electrons. The number of hydrogen-bond acceptors (Lipinski definition) is 3. The van der Waals surface area contributed by atoms with Gasteiger partial charge >= 0.3 is 0 Å². The summed E-state index contributed by atoms with van der Waals surface area (Å²) >= 11 is 0. The maximum Gasteiger partial charge on any atom is 0.132 e. The Hall–Kier alpha value is -3.27. The Kier molecular flexibility index (Phi) is 4.47. The largest absolute Gasteiger partial charge is 0.397 e. The summed E-state index contributed by atoms with van der Waals surface area (Å²) in [7, 11) is 0. The van der Waals surface area contributed by atoms with Crippen LogP contribution >= 0.6 is 0 Å². The van der Waals surface area contributed by atoms with Crippen molar-refractivity contribution in [2.75, 3.05) is 16.4 Å². The SMILES string of the molecule is C=C(Nc1ccc(Nc2ccccc2N)cc1)c1ccccc1F. The molecule has 0 atom stereocenters. The third-order valence-electron chi connectivity index (χ3n) is 3.62. The van der Waals surface area contributed by atoms with Crippen molar-refractivity contribution < 1.29 is 4.39 Å². The minimum Gasteiger partial charge on any atom is -0.397 e. The molecule has 120 valence electrons. The Labute approximate surface area is 140 Å². The summed E-state index contributed by atoms with van der Waals surface area (Å²) < 4.78 is 13.8. The zero-order chi connectivity index (χ0) is 16.9. The Morgan fingerprint density at radius 3 is 2.17 bits per heavy atom. The number of hydrogen-bond donors (Lipinski definition) is 3. The monoisotopic (exact) mass is 319 g/mol. The van der Waals surface area contributed by atoms with Crippen LogP contribution in [0.2, 0.25) is 0 Å². The van der Waals surface area contributed by atoms with Gasteiger partial charge < -0.3 is 16.4 Å². The predicted molar refractivity (Wildman–Crippen MR) is 99.6 cm³/mol. The summed E-state index contributed by atoms with van der Waals surface area (Å²) in [5, 5.41) is 6.37. The minimum atomic E-state index is -0.298. The van der Waals surface area contributed by atoms with Crippen LogP contribution in [0.15, 0.2) is 79.4 Å². The van der Waals surface area contributed by atoms with Crippen LogP contribution < -0.4 is 16.4 Å². The zero-order valence-corrected chi connectivity index (χ0v) is 13.1. The van der Waals surface area contributed by atoms with Gasteiger partial charge in [0.15, 0.2) is 0 Å². The lowest BCUT2D eigenvalue weighted by atomic mass is 10.1. The van der Waals surface area contributed by atoms with E-state index in [1.54, 1.807) is 18.2 Å². The van der Waals surface area contributed by atoms with Gasteiger partial charge in [-0.25, -0.2) is 4.39 Å². The number of benzene rings is 3. The van der Waals surface area contributed by atoms with Crippen LogP contribution in [-0.2, 0) is 0 Å². The molecule has 3 aromatic rings. The van der Waals surface area contributed by atoms with Gasteiger partial charge in [-0.3, -0.25) is 0 Å². The molecule has 0 heterocycles. The molecule has 4 heteroatoms. The smallest absolute Gasteiger partial charge is 0.132 e. The molecule has 0 fully saturated rings. The van der Waals surface area contributed by atoms with Crippen molar-refractivity contribution in [3.63, 3.8) is 0 Å². The second kappa shape index (κ2) is 6.87. The summed E-state index contributed by atoms with van der Waals surface area (Å²) in [6, 6.07) is 21.8. The minimum absolute atomic E-state index is 0.298. The molecular weight excluding hydrogens is 301 g/mol. The highest BCUT2D eigenvalue weighted by Crippen LogP contribution is 2.25. The fourth-order valence-corrected chi connectivity index (χ4v) is 2.35. The molecule has 0 spiro atoms. The van der Waals surface area contributed by atoms with Crippen molar-refractivity contribution in [1.29, 1.82) is 0 Å². The van der Waals surface area contributed by atoms with E-state index in [0.29, 0.717) is 16.9 Å². The lowest BCUT2D eigenvalue weighted by molar-refractivity contribution is 0.624. The maximum absolute atomic E-state index is 13.8. The Morgan fingerprint density at radius 2 is 1.46 bits per heavy atom. The fourth-order valence-electron chi connectivity index (χ4n) is 2.35. The van der Waals surface area contributed by atoms with E-state index in [1.165, 1.54) is 6.07 Å².